The highest BCUT2D eigenvalue weighted by molar-refractivity contribution is 5.14. The number of benzene rings is 1. The Balaban J connectivity index is 0.000000300. The van der Waals surface area contributed by atoms with Crippen LogP contribution < -0.4 is 0 Å². The monoisotopic (exact) mass is 422 g/mol. The van der Waals surface area contributed by atoms with Crippen molar-refractivity contribution in [3.8, 4) is 0 Å². The highest BCUT2D eigenvalue weighted by Gasteiger charge is 2.16. The first-order valence-electron chi connectivity index (χ1n) is 11.7. The molecule has 1 aliphatic carbocycles. The van der Waals surface area contributed by atoms with Crippen LogP contribution in [0.1, 0.15) is 56.9 Å². The molecule has 4 heteroatoms. The van der Waals surface area contributed by atoms with E-state index in [0.717, 1.165) is 45.2 Å². The first kappa shape index (κ1) is 27.1. The number of hydrogen-bond donors (Lipinski definition) is 0. The van der Waals surface area contributed by atoms with E-state index in [4.69, 9.17) is 18.9 Å². The van der Waals surface area contributed by atoms with Crippen molar-refractivity contribution in [2.45, 2.75) is 57.8 Å². The van der Waals surface area contributed by atoms with Gasteiger partial charge in [-0.1, -0.05) is 68.9 Å². The van der Waals surface area contributed by atoms with Crippen molar-refractivity contribution < 1.29 is 18.9 Å². The Kier molecular flexibility index (Phi) is 17.0. The molecule has 30 heavy (non-hydrogen) atoms. The summed E-state index contributed by atoms with van der Waals surface area (Å²) >= 11 is 0. The second-order valence-electron chi connectivity index (χ2n) is 8.66. The highest BCUT2D eigenvalue weighted by atomic mass is 16.5. The van der Waals surface area contributed by atoms with Crippen molar-refractivity contribution in [3.05, 3.63) is 35.9 Å². The Labute approximate surface area is 185 Å². The van der Waals surface area contributed by atoms with Gasteiger partial charge in [0, 0.05) is 40.3 Å². The number of hydrogen-bond acceptors (Lipinski definition) is 4. The number of ether oxygens (including phenoxy) is 4. The van der Waals surface area contributed by atoms with Gasteiger partial charge >= 0.3 is 0 Å². The van der Waals surface area contributed by atoms with Crippen LogP contribution in [0, 0.1) is 17.8 Å². The lowest BCUT2D eigenvalue weighted by molar-refractivity contribution is 0.0758. The van der Waals surface area contributed by atoms with E-state index in [1.54, 1.807) is 28.4 Å². The minimum Gasteiger partial charge on any atom is -0.384 e. The fourth-order valence-corrected chi connectivity index (χ4v) is 4.34. The van der Waals surface area contributed by atoms with Crippen LogP contribution >= 0.6 is 0 Å². The second-order valence-corrected chi connectivity index (χ2v) is 8.66. The van der Waals surface area contributed by atoms with E-state index in [-0.39, 0.29) is 0 Å². The zero-order valence-electron chi connectivity index (χ0n) is 19.9. The maximum Gasteiger partial charge on any atom is 0.0512 e. The van der Waals surface area contributed by atoms with Crippen molar-refractivity contribution in [3.63, 3.8) is 0 Å². The molecule has 1 fully saturated rings. The topological polar surface area (TPSA) is 36.9 Å². The predicted molar refractivity (Wildman–Crippen MR) is 125 cm³/mol. The Hall–Kier alpha value is -0.940. The summed E-state index contributed by atoms with van der Waals surface area (Å²) in [5.41, 5.74) is 1.38. The normalized spacial score (nSPS) is 14.7. The van der Waals surface area contributed by atoms with Crippen LogP contribution in [0.5, 0.6) is 0 Å². The molecular formula is C26H46O4. The SMILES string of the molecule is COCC(CCC1CCCCC1)COC.COCC(CCc1ccccc1)COC. The lowest BCUT2D eigenvalue weighted by Gasteiger charge is -2.23. The predicted octanol–water partition coefficient (Wildman–Crippen LogP) is 5.78. The Morgan fingerprint density at radius 2 is 1.20 bits per heavy atom. The van der Waals surface area contributed by atoms with Gasteiger partial charge in [0.05, 0.1) is 26.4 Å². The van der Waals surface area contributed by atoms with Gasteiger partial charge in [-0.05, 0) is 30.7 Å². The fourth-order valence-electron chi connectivity index (χ4n) is 4.34. The smallest absolute Gasteiger partial charge is 0.0512 e. The van der Waals surface area contributed by atoms with E-state index in [1.807, 2.05) is 6.07 Å². The van der Waals surface area contributed by atoms with Gasteiger partial charge in [0.1, 0.15) is 0 Å². The lowest BCUT2D eigenvalue weighted by atomic mass is 9.84. The Bertz CT molecular complexity index is 461. The van der Waals surface area contributed by atoms with Gasteiger partial charge in [-0.2, -0.15) is 0 Å². The molecule has 0 aromatic heterocycles. The van der Waals surface area contributed by atoms with Gasteiger partial charge in [0.2, 0.25) is 0 Å². The maximum atomic E-state index is 5.22. The summed E-state index contributed by atoms with van der Waals surface area (Å²) in [7, 11) is 7.04. The molecule has 0 heterocycles. The fraction of sp³-hybridized carbons (Fsp3) is 0.769. The van der Waals surface area contributed by atoms with Gasteiger partial charge in [0.25, 0.3) is 0 Å². The van der Waals surface area contributed by atoms with Crippen molar-refractivity contribution in [2.75, 3.05) is 54.9 Å². The second kappa shape index (κ2) is 18.8. The first-order valence-corrected chi connectivity index (χ1v) is 11.7. The number of rotatable bonds is 14. The number of aryl methyl sites for hydroxylation is 1. The van der Waals surface area contributed by atoms with Crippen LogP contribution in [0.2, 0.25) is 0 Å². The molecule has 0 radical (unpaired) electrons. The zero-order chi connectivity index (χ0) is 21.9. The highest BCUT2D eigenvalue weighted by Crippen LogP contribution is 2.28. The third kappa shape index (κ3) is 13.4. The van der Waals surface area contributed by atoms with E-state index in [0.29, 0.717) is 11.8 Å². The number of methoxy groups -OCH3 is 4. The molecule has 0 N–H and O–H groups in total. The molecule has 0 saturated heterocycles. The third-order valence-corrected chi connectivity index (χ3v) is 6.00. The summed E-state index contributed by atoms with van der Waals surface area (Å²) in [6.07, 6.45) is 12.1. The van der Waals surface area contributed by atoms with Crippen LogP contribution in [0.4, 0.5) is 0 Å². The van der Waals surface area contributed by atoms with Gasteiger partial charge in [-0.15, -0.1) is 0 Å². The molecule has 2 rings (SSSR count). The molecule has 1 aliphatic rings. The summed E-state index contributed by atoms with van der Waals surface area (Å²) in [4.78, 5) is 0. The lowest BCUT2D eigenvalue weighted by Crippen LogP contribution is -2.17. The van der Waals surface area contributed by atoms with Gasteiger partial charge in [-0.25, -0.2) is 0 Å². The van der Waals surface area contributed by atoms with Crippen molar-refractivity contribution in [1.82, 2.24) is 0 Å². The molecule has 4 nitrogen and oxygen atoms in total. The van der Waals surface area contributed by atoms with Crippen molar-refractivity contribution in [2.24, 2.45) is 17.8 Å². The molecule has 0 amide bonds. The van der Waals surface area contributed by atoms with Crippen LogP contribution in [-0.2, 0) is 25.4 Å². The van der Waals surface area contributed by atoms with Crippen molar-refractivity contribution >= 4 is 0 Å². The Morgan fingerprint density at radius 3 is 1.70 bits per heavy atom. The molecule has 1 saturated carbocycles. The summed E-state index contributed by atoms with van der Waals surface area (Å²) in [5.74, 6) is 2.08. The van der Waals surface area contributed by atoms with Gasteiger partial charge in [0.15, 0.2) is 0 Å². The van der Waals surface area contributed by atoms with Crippen LogP contribution in [0.3, 0.4) is 0 Å². The standard InChI is InChI=1S/C13H26O2.C13H20O2/c2*1-14-10-13(11-15-2)9-8-12-6-4-3-5-7-12/h12-13H,3-11H2,1-2H3;3-7,13H,8-11H2,1-2H3. The average Bonchev–Trinajstić information content (AvgIpc) is 2.78. The zero-order valence-corrected chi connectivity index (χ0v) is 19.9. The molecular weight excluding hydrogens is 376 g/mol. The van der Waals surface area contributed by atoms with E-state index in [9.17, 15) is 0 Å². The molecule has 1 aromatic carbocycles. The first-order chi connectivity index (χ1) is 14.7. The van der Waals surface area contributed by atoms with E-state index < -0.39 is 0 Å². The summed E-state index contributed by atoms with van der Waals surface area (Å²) in [6.45, 7) is 3.25. The van der Waals surface area contributed by atoms with Crippen molar-refractivity contribution in [1.29, 1.82) is 0 Å². The largest absolute Gasteiger partial charge is 0.384 e. The molecule has 0 atom stereocenters. The molecule has 1 aromatic rings. The maximum absolute atomic E-state index is 5.22. The molecule has 0 bridgehead atoms. The Morgan fingerprint density at radius 1 is 0.700 bits per heavy atom. The third-order valence-electron chi connectivity index (χ3n) is 6.00. The molecule has 0 aliphatic heterocycles. The average molecular weight is 423 g/mol. The summed E-state index contributed by atoms with van der Waals surface area (Å²) < 4.78 is 20.8. The van der Waals surface area contributed by atoms with Gasteiger partial charge < -0.3 is 18.9 Å². The molecule has 0 spiro atoms. The summed E-state index contributed by atoms with van der Waals surface area (Å²) in [5, 5.41) is 0. The summed E-state index contributed by atoms with van der Waals surface area (Å²) in [6, 6.07) is 10.5. The quantitative estimate of drug-likeness (QED) is 0.380. The van der Waals surface area contributed by atoms with Gasteiger partial charge in [-0.3, -0.25) is 0 Å². The van der Waals surface area contributed by atoms with Crippen LogP contribution in [-0.4, -0.2) is 54.9 Å². The van der Waals surface area contributed by atoms with E-state index in [2.05, 4.69) is 24.3 Å². The van der Waals surface area contributed by atoms with E-state index in [1.165, 1.54) is 50.5 Å². The van der Waals surface area contributed by atoms with E-state index >= 15 is 0 Å². The molecule has 174 valence electrons. The van der Waals surface area contributed by atoms with Crippen LogP contribution in [0.25, 0.3) is 0 Å². The van der Waals surface area contributed by atoms with Crippen LogP contribution in [0.15, 0.2) is 30.3 Å². The molecule has 0 unspecified atom stereocenters. The minimum absolute atomic E-state index is 0.500. The minimum atomic E-state index is 0.500.